The number of allylic oxidation sites excluding steroid dienone is 1. The Labute approximate surface area is 243 Å². The number of aromatic amines is 1. The number of pyridine rings is 1. The molecule has 220 valence electrons. The van der Waals surface area contributed by atoms with Crippen LogP contribution in [0.2, 0.25) is 0 Å². The van der Waals surface area contributed by atoms with Gasteiger partial charge >= 0.3 is 0 Å². The van der Waals surface area contributed by atoms with Crippen LogP contribution in [0.15, 0.2) is 34.1 Å². The maximum absolute atomic E-state index is 13.7. The molecule has 2 aliphatic rings. The summed E-state index contributed by atoms with van der Waals surface area (Å²) in [5, 5.41) is 6.07. The van der Waals surface area contributed by atoms with Gasteiger partial charge in [0.25, 0.3) is 11.5 Å². The van der Waals surface area contributed by atoms with Crippen LogP contribution in [-0.4, -0.2) is 48.2 Å². The normalized spacial score (nSPS) is 20.3. The van der Waals surface area contributed by atoms with Crippen LogP contribution in [0.25, 0.3) is 5.57 Å². The summed E-state index contributed by atoms with van der Waals surface area (Å²) in [4.78, 5) is 47.7. The van der Waals surface area contributed by atoms with Crippen LogP contribution < -0.4 is 21.1 Å². The van der Waals surface area contributed by atoms with Gasteiger partial charge in [-0.3, -0.25) is 19.4 Å². The number of H-pyrrole nitrogens is 1. The van der Waals surface area contributed by atoms with Gasteiger partial charge in [0.15, 0.2) is 0 Å². The lowest BCUT2D eigenvalue weighted by atomic mass is 9.89. The van der Waals surface area contributed by atoms with Gasteiger partial charge in [-0.15, -0.1) is 0 Å². The summed E-state index contributed by atoms with van der Waals surface area (Å²) in [6.45, 7) is 9.65. The number of carbonyl (C=O) groups is 2. The van der Waals surface area contributed by atoms with Crippen molar-refractivity contribution in [1.82, 2.24) is 15.6 Å². The largest absolute Gasteiger partial charge is 0.371 e. The van der Waals surface area contributed by atoms with E-state index in [2.05, 4.69) is 46.6 Å². The van der Waals surface area contributed by atoms with Crippen LogP contribution in [-0.2, 0) is 11.3 Å². The summed E-state index contributed by atoms with van der Waals surface area (Å²) in [5.41, 5.74) is 6.57. The Balaban J connectivity index is 1.63. The fourth-order valence-electron chi connectivity index (χ4n) is 6.20. The number of benzene rings is 1. The van der Waals surface area contributed by atoms with E-state index < -0.39 is 0 Å². The van der Waals surface area contributed by atoms with E-state index in [-0.39, 0.29) is 30.0 Å². The van der Waals surface area contributed by atoms with Gasteiger partial charge in [0, 0.05) is 61.3 Å². The summed E-state index contributed by atoms with van der Waals surface area (Å²) in [5.74, 6) is -0.183. The number of aromatic nitrogens is 1. The third-order valence-corrected chi connectivity index (χ3v) is 8.57. The number of nitrogens with zero attached hydrogens (tertiary/aromatic N) is 2. The first-order valence-corrected chi connectivity index (χ1v) is 14.9. The molecule has 2 heterocycles. The zero-order chi connectivity index (χ0) is 29.7. The highest BCUT2D eigenvalue weighted by Crippen LogP contribution is 2.34. The minimum Gasteiger partial charge on any atom is -0.371 e. The van der Waals surface area contributed by atoms with Crippen molar-refractivity contribution in [2.75, 3.05) is 11.9 Å². The first-order valence-electron chi connectivity index (χ1n) is 14.9. The summed E-state index contributed by atoms with van der Waals surface area (Å²) in [7, 11) is 2.10. The molecular formula is C33H45N5O3. The van der Waals surface area contributed by atoms with Crippen LogP contribution in [0, 0.1) is 20.8 Å². The van der Waals surface area contributed by atoms with E-state index in [0.717, 1.165) is 78.6 Å². The summed E-state index contributed by atoms with van der Waals surface area (Å²) < 4.78 is 0. The second-order valence-corrected chi connectivity index (χ2v) is 11.7. The third-order valence-electron chi connectivity index (χ3n) is 8.57. The van der Waals surface area contributed by atoms with Crippen molar-refractivity contribution in [3.05, 3.63) is 68.1 Å². The third kappa shape index (κ3) is 7.34. The molecule has 1 atom stereocenters. The van der Waals surface area contributed by atoms with Gasteiger partial charge in [0.1, 0.15) is 0 Å². The molecule has 1 aliphatic carbocycles. The molecule has 8 nitrogen and oxygen atoms in total. The smallest absolute Gasteiger partial charge is 0.253 e. The molecule has 1 saturated carbocycles. The molecule has 0 bridgehead atoms. The molecule has 0 saturated heterocycles. The first-order chi connectivity index (χ1) is 19.6. The van der Waals surface area contributed by atoms with Gasteiger partial charge < -0.3 is 20.5 Å². The maximum atomic E-state index is 13.7. The van der Waals surface area contributed by atoms with Crippen molar-refractivity contribution in [3.8, 4) is 0 Å². The Bertz CT molecular complexity index is 1400. The molecule has 1 unspecified atom stereocenters. The molecule has 1 fully saturated rings. The fourth-order valence-corrected chi connectivity index (χ4v) is 6.20. The second-order valence-electron chi connectivity index (χ2n) is 11.7. The van der Waals surface area contributed by atoms with Crippen LogP contribution >= 0.6 is 0 Å². The zero-order valence-corrected chi connectivity index (χ0v) is 25.4. The number of dihydropyridines is 1. The quantitative estimate of drug-likeness (QED) is 0.395. The minimum absolute atomic E-state index is 0.0208. The molecule has 8 heteroatoms. The fraction of sp³-hybridized carbons (Fsp3) is 0.515. The number of anilines is 1. The van der Waals surface area contributed by atoms with Crippen molar-refractivity contribution in [2.24, 2.45) is 4.99 Å². The van der Waals surface area contributed by atoms with E-state index in [1.807, 2.05) is 39.1 Å². The van der Waals surface area contributed by atoms with Crippen molar-refractivity contribution in [3.63, 3.8) is 0 Å². The van der Waals surface area contributed by atoms with E-state index in [1.54, 1.807) is 6.92 Å². The van der Waals surface area contributed by atoms with E-state index in [9.17, 15) is 14.4 Å². The number of hydrogen-bond acceptors (Lipinski definition) is 5. The molecule has 41 heavy (non-hydrogen) atoms. The maximum Gasteiger partial charge on any atom is 0.253 e. The molecule has 3 N–H and O–H groups in total. The van der Waals surface area contributed by atoms with Gasteiger partial charge in [-0.25, -0.2) is 0 Å². The van der Waals surface area contributed by atoms with E-state index in [0.29, 0.717) is 23.2 Å². The standard InChI is InChI=1S/C33H45N5O3/c1-7-8-26-10-9-24(18-34-26)25-16-29(32(40)35-19-30-20(2)15-21(3)36-33(30)41)22(4)31(17-25)38(6)28-13-11-27(12-14-28)37-23(5)39/h9,15-18,26-28H,7-8,10-14,19H2,1-6H3,(H,35,40)(H,36,41)(H,37,39). The molecule has 1 aliphatic heterocycles. The second kappa shape index (κ2) is 13.3. The molecule has 1 aromatic carbocycles. The number of aryl methyl sites for hydroxylation is 2. The SMILES string of the molecule is CCCC1CC=C(c2cc(C(=O)NCc3c(C)cc(C)[nH]c3=O)c(C)c(N(C)C3CCC(NC(C)=O)CC3)c2)C=N1. The Morgan fingerprint density at radius 1 is 1.10 bits per heavy atom. The Morgan fingerprint density at radius 2 is 1.83 bits per heavy atom. The average Bonchev–Trinajstić information content (AvgIpc) is 2.93. The predicted octanol–water partition coefficient (Wildman–Crippen LogP) is 5.14. The summed E-state index contributed by atoms with van der Waals surface area (Å²) in [6, 6.07) is 6.90. The van der Waals surface area contributed by atoms with Crippen molar-refractivity contribution < 1.29 is 9.59 Å². The van der Waals surface area contributed by atoms with Crippen molar-refractivity contribution >= 4 is 29.3 Å². The Morgan fingerprint density at radius 3 is 2.44 bits per heavy atom. The lowest BCUT2D eigenvalue weighted by molar-refractivity contribution is -0.119. The van der Waals surface area contributed by atoms with Crippen LogP contribution in [0.4, 0.5) is 5.69 Å². The molecule has 0 radical (unpaired) electrons. The van der Waals surface area contributed by atoms with E-state index in [4.69, 9.17) is 4.99 Å². The van der Waals surface area contributed by atoms with Crippen molar-refractivity contribution in [2.45, 2.75) is 104 Å². The molecule has 0 spiro atoms. The lowest BCUT2D eigenvalue weighted by Crippen LogP contribution is -2.42. The van der Waals surface area contributed by atoms with Crippen LogP contribution in [0.5, 0.6) is 0 Å². The lowest BCUT2D eigenvalue weighted by Gasteiger charge is -2.37. The topological polar surface area (TPSA) is 107 Å². The number of hydrogen-bond donors (Lipinski definition) is 3. The number of carbonyl (C=O) groups excluding carboxylic acids is 2. The predicted molar refractivity (Wildman–Crippen MR) is 167 cm³/mol. The first kappa shape index (κ1) is 30.3. The van der Waals surface area contributed by atoms with Gasteiger partial charge in [-0.1, -0.05) is 19.4 Å². The average molecular weight is 560 g/mol. The summed E-state index contributed by atoms with van der Waals surface area (Å²) in [6.07, 6.45) is 11.0. The number of nitrogens with one attached hydrogen (secondary N) is 3. The highest BCUT2D eigenvalue weighted by molar-refractivity contribution is 6.12. The van der Waals surface area contributed by atoms with Gasteiger partial charge in [-0.2, -0.15) is 0 Å². The Hall–Kier alpha value is -3.68. The molecule has 1 aromatic heterocycles. The highest BCUT2D eigenvalue weighted by atomic mass is 16.2. The molecular weight excluding hydrogens is 514 g/mol. The monoisotopic (exact) mass is 559 g/mol. The minimum atomic E-state index is -0.204. The zero-order valence-electron chi connectivity index (χ0n) is 25.4. The van der Waals surface area contributed by atoms with Crippen LogP contribution in [0.3, 0.4) is 0 Å². The molecule has 2 amide bonds. The van der Waals surface area contributed by atoms with Gasteiger partial charge in [0.2, 0.25) is 5.91 Å². The van der Waals surface area contributed by atoms with E-state index >= 15 is 0 Å². The van der Waals surface area contributed by atoms with Gasteiger partial charge in [0.05, 0.1) is 6.04 Å². The van der Waals surface area contributed by atoms with Crippen LogP contribution in [0.1, 0.15) is 97.1 Å². The molecule has 4 rings (SSSR count). The summed E-state index contributed by atoms with van der Waals surface area (Å²) >= 11 is 0. The highest BCUT2D eigenvalue weighted by Gasteiger charge is 2.27. The number of aliphatic imine (C=N–C) groups is 1. The van der Waals surface area contributed by atoms with Gasteiger partial charge in [-0.05, 0) is 99.8 Å². The molecule has 2 aromatic rings. The van der Waals surface area contributed by atoms with Crippen molar-refractivity contribution in [1.29, 1.82) is 0 Å². The van der Waals surface area contributed by atoms with E-state index in [1.165, 1.54) is 0 Å². The number of rotatable bonds is 9. The Kier molecular flexibility index (Phi) is 9.84. The number of amides is 2.